The van der Waals surface area contributed by atoms with Crippen molar-refractivity contribution in [1.82, 2.24) is 0 Å². The third kappa shape index (κ3) is 1.87. The topological polar surface area (TPSA) is 24.1 Å². The normalized spacial score (nSPS) is 16.6. The van der Waals surface area contributed by atoms with Gasteiger partial charge in [-0.1, -0.05) is 24.3 Å². The van der Waals surface area contributed by atoms with Crippen molar-refractivity contribution in [2.45, 2.75) is 25.7 Å². The van der Waals surface area contributed by atoms with E-state index in [1.807, 2.05) is 0 Å². The summed E-state index contributed by atoms with van der Waals surface area (Å²) in [6.45, 7) is 2.13. The average Bonchev–Trinajstić information content (AvgIpc) is 2.43. The second kappa shape index (κ2) is 4.86. The van der Waals surface area contributed by atoms with E-state index in [0.29, 0.717) is 0 Å². The maximum absolute atomic E-state index is 3.63. The Balaban J connectivity index is 2.05. The molecule has 0 unspecified atom stereocenters. The predicted molar refractivity (Wildman–Crippen MR) is 85.5 cm³/mol. The van der Waals surface area contributed by atoms with E-state index >= 15 is 0 Å². The van der Waals surface area contributed by atoms with Gasteiger partial charge < -0.3 is 10.6 Å². The van der Waals surface area contributed by atoms with Crippen LogP contribution in [0.4, 0.5) is 11.4 Å². The third-order valence-electron chi connectivity index (χ3n) is 4.43. The second-order valence-corrected chi connectivity index (χ2v) is 5.74. The largest absolute Gasteiger partial charge is 0.385 e. The number of rotatable bonds is 0. The molecular weight excluding hydrogens is 244 g/mol. The molecule has 2 aromatic carbocycles. The van der Waals surface area contributed by atoms with Gasteiger partial charge in [0.05, 0.1) is 0 Å². The van der Waals surface area contributed by atoms with Gasteiger partial charge in [-0.05, 0) is 48.9 Å². The van der Waals surface area contributed by atoms with Gasteiger partial charge in [-0.25, -0.2) is 0 Å². The summed E-state index contributed by atoms with van der Waals surface area (Å²) in [5.74, 6) is 0. The number of benzene rings is 2. The van der Waals surface area contributed by atoms with Crippen LogP contribution in [0.2, 0.25) is 0 Å². The van der Waals surface area contributed by atoms with E-state index in [4.69, 9.17) is 0 Å². The molecule has 0 atom stereocenters. The monoisotopic (exact) mass is 264 g/mol. The Morgan fingerprint density at radius 1 is 0.650 bits per heavy atom. The molecule has 0 fully saturated rings. The highest BCUT2D eigenvalue weighted by Crippen LogP contribution is 2.41. The molecule has 20 heavy (non-hydrogen) atoms. The molecule has 0 saturated carbocycles. The minimum Gasteiger partial charge on any atom is -0.385 e. The highest BCUT2D eigenvalue weighted by atomic mass is 14.9. The van der Waals surface area contributed by atoms with Crippen molar-refractivity contribution in [3.8, 4) is 11.1 Å². The first-order chi connectivity index (χ1) is 9.93. The zero-order chi connectivity index (χ0) is 13.4. The highest BCUT2D eigenvalue weighted by molar-refractivity contribution is 5.91. The fourth-order valence-electron chi connectivity index (χ4n) is 3.51. The van der Waals surface area contributed by atoms with E-state index in [0.717, 1.165) is 25.9 Å². The van der Waals surface area contributed by atoms with E-state index in [9.17, 15) is 0 Å². The minimum absolute atomic E-state index is 1.06. The first-order valence-electron chi connectivity index (χ1n) is 7.65. The van der Waals surface area contributed by atoms with Gasteiger partial charge in [0.2, 0.25) is 0 Å². The molecule has 0 saturated heterocycles. The Labute approximate surface area is 120 Å². The number of anilines is 2. The zero-order valence-electron chi connectivity index (χ0n) is 11.7. The quantitative estimate of drug-likeness (QED) is 0.749. The van der Waals surface area contributed by atoms with Gasteiger partial charge in [0.25, 0.3) is 0 Å². The number of aryl methyl sites for hydroxylation is 2. The van der Waals surface area contributed by atoms with Crippen LogP contribution in [0, 0.1) is 0 Å². The van der Waals surface area contributed by atoms with E-state index in [1.54, 1.807) is 0 Å². The molecule has 2 aliphatic rings. The van der Waals surface area contributed by atoms with Crippen molar-refractivity contribution >= 4 is 11.4 Å². The first kappa shape index (κ1) is 11.8. The molecule has 0 amide bonds. The van der Waals surface area contributed by atoms with Gasteiger partial charge in [0, 0.05) is 35.6 Å². The molecule has 2 heteroatoms. The van der Waals surface area contributed by atoms with E-state index in [2.05, 4.69) is 47.0 Å². The van der Waals surface area contributed by atoms with Crippen LogP contribution in [0.25, 0.3) is 11.1 Å². The lowest BCUT2D eigenvalue weighted by Crippen LogP contribution is -2.14. The summed E-state index contributed by atoms with van der Waals surface area (Å²) in [5, 5.41) is 7.26. The molecule has 0 spiro atoms. The summed E-state index contributed by atoms with van der Waals surface area (Å²) >= 11 is 0. The number of hydrogen-bond acceptors (Lipinski definition) is 2. The molecule has 0 aliphatic carbocycles. The van der Waals surface area contributed by atoms with Gasteiger partial charge in [-0.15, -0.1) is 0 Å². The Hall–Kier alpha value is -1.96. The summed E-state index contributed by atoms with van der Waals surface area (Å²) in [6, 6.07) is 13.4. The maximum atomic E-state index is 3.63. The summed E-state index contributed by atoms with van der Waals surface area (Å²) in [5.41, 5.74) is 8.47. The van der Waals surface area contributed by atoms with E-state index < -0.39 is 0 Å². The van der Waals surface area contributed by atoms with Gasteiger partial charge >= 0.3 is 0 Å². The highest BCUT2D eigenvalue weighted by Gasteiger charge is 2.20. The van der Waals surface area contributed by atoms with Crippen molar-refractivity contribution in [2.24, 2.45) is 0 Å². The Kier molecular flexibility index (Phi) is 2.87. The molecule has 0 aromatic heterocycles. The molecule has 2 heterocycles. The summed E-state index contributed by atoms with van der Waals surface area (Å²) in [6.07, 6.45) is 4.71. The Morgan fingerprint density at radius 2 is 1.15 bits per heavy atom. The van der Waals surface area contributed by atoms with Crippen LogP contribution in [-0.2, 0) is 12.8 Å². The predicted octanol–water partition coefficient (Wildman–Crippen LogP) is 4.07. The minimum atomic E-state index is 1.06. The summed E-state index contributed by atoms with van der Waals surface area (Å²) in [4.78, 5) is 0. The van der Waals surface area contributed by atoms with Crippen molar-refractivity contribution in [3.05, 3.63) is 47.5 Å². The number of nitrogens with one attached hydrogen (secondary N) is 2. The molecular formula is C18H20N2. The SMILES string of the molecule is c1cc2c3c(c1)NCCCc1cccc(c1-3)NCCC2. The van der Waals surface area contributed by atoms with Crippen molar-refractivity contribution in [2.75, 3.05) is 23.7 Å². The third-order valence-corrected chi connectivity index (χ3v) is 4.43. The van der Waals surface area contributed by atoms with Crippen LogP contribution in [0.15, 0.2) is 36.4 Å². The molecule has 2 nitrogen and oxygen atoms in total. The van der Waals surface area contributed by atoms with Gasteiger partial charge in [0.15, 0.2) is 0 Å². The van der Waals surface area contributed by atoms with Gasteiger partial charge in [-0.3, -0.25) is 0 Å². The molecule has 102 valence electrons. The molecule has 2 aliphatic heterocycles. The van der Waals surface area contributed by atoms with Crippen molar-refractivity contribution in [1.29, 1.82) is 0 Å². The first-order valence-corrected chi connectivity index (χ1v) is 7.65. The lowest BCUT2D eigenvalue weighted by molar-refractivity contribution is 0.839. The Bertz CT molecular complexity index is 540. The molecule has 0 radical (unpaired) electrons. The van der Waals surface area contributed by atoms with E-state index in [1.165, 1.54) is 46.5 Å². The van der Waals surface area contributed by atoms with Crippen LogP contribution >= 0.6 is 0 Å². The van der Waals surface area contributed by atoms with Crippen molar-refractivity contribution in [3.63, 3.8) is 0 Å². The number of hydrogen-bond donors (Lipinski definition) is 2. The van der Waals surface area contributed by atoms with Crippen molar-refractivity contribution < 1.29 is 0 Å². The summed E-state index contributed by atoms with van der Waals surface area (Å²) in [7, 11) is 0. The lowest BCUT2D eigenvalue weighted by atomic mass is 9.87. The standard InChI is InChI=1S/C18H20N2/c1-5-13-7-3-12-20-16-10-2-6-14-8-4-11-19-15(9-1)17(13)18(14)16/h1-2,5-6,9-10,19-20H,3-4,7-8,11-12H2. The molecule has 4 rings (SSSR count). The van der Waals surface area contributed by atoms with E-state index in [-0.39, 0.29) is 0 Å². The van der Waals surface area contributed by atoms with Gasteiger partial charge in [-0.2, -0.15) is 0 Å². The van der Waals surface area contributed by atoms with Crippen LogP contribution < -0.4 is 10.6 Å². The average molecular weight is 264 g/mol. The second-order valence-electron chi connectivity index (χ2n) is 5.74. The fourth-order valence-corrected chi connectivity index (χ4v) is 3.51. The molecule has 0 bridgehead atoms. The zero-order valence-corrected chi connectivity index (χ0v) is 11.7. The fraction of sp³-hybridized carbons (Fsp3) is 0.333. The molecule has 2 N–H and O–H groups in total. The Morgan fingerprint density at radius 3 is 1.65 bits per heavy atom. The van der Waals surface area contributed by atoms with Crippen LogP contribution in [0.5, 0.6) is 0 Å². The van der Waals surface area contributed by atoms with Gasteiger partial charge in [0.1, 0.15) is 0 Å². The summed E-state index contributed by atoms with van der Waals surface area (Å²) < 4.78 is 0. The van der Waals surface area contributed by atoms with Crippen LogP contribution in [0.1, 0.15) is 24.0 Å². The lowest BCUT2D eigenvalue weighted by Gasteiger charge is -2.26. The maximum Gasteiger partial charge on any atom is 0.0423 e. The van der Waals surface area contributed by atoms with Crippen LogP contribution in [-0.4, -0.2) is 13.1 Å². The van der Waals surface area contributed by atoms with Crippen LogP contribution in [0.3, 0.4) is 0 Å². The smallest absolute Gasteiger partial charge is 0.0423 e. The molecule has 2 aromatic rings.